The van der Waals surface area contributed by atoms with Gasteiger partial charge in [-0.25, -0.2) is 0 Å². The third-order valence-electron chi connectivity index (χ3n) is 5.41. The minimum absolute atomic E-state index is 0.237. The van der Waals surface area contributed by atoms with Crippen LogP contribution < -0.4 is 10.1 Å². The Kier molecular flexibility index (Phi) is 7.23. The van der Waals surface area contributed by atoms with Crippen LogP contribution in [0.25, 0.3) is 16.8 Å². The summed E-state index contributed by atoms with van der Waals surface area (Å²) in [4.78, 5) is 29.2. The van der Waals surface area contributed by atoms with E-state index in [4.69, 9.17) is 16.3 Å². The fourth-order valence-corrected chi connectivity index (χ4v) is 5.05. The van der Waals surface area contributed by atoms with Crippen molar-refractivity contribution in [3.8, 4) is 5.75 Å². The molecular formula is C28H18BrClN2O3S. The number of halogens is 2. The van der Waals surface area contributed by atoms with Crippen molar-refractivity contribution in [2.24, 2.45) is 4.99 Å². The molecule has 36 heavy (non-hydrogen) atoms. The van der Waals surface area contributed by atoms with Crippen molar-refractivity contribution in [3.05, 3.63) is 116 Å². The highest BCUT2D eigenvalue weighted by molar-refractivity contribution is 9.10. The Labute approximate surface area is 225 Å². The third-order valence-corrected chi connectivity index (χ3v) is 7.19. The van der Waals surface area contributed by atoms with Crippen LogP contribution in [0, 0.1) is 0 Å². The topological polar surface area (TPSA) is 67.8 Å². The van der Waals surface area contributed by atoms with Crippen LogP contribution in [0.5, 0.6) is 5.75 Å². The van der Waals surface area contributed by atoms with Crippen molar-refractivity contribution in [1.29, 1.82) is 0 Å². The molecule has 5 nitrogen and oxygen atoms in total. The van der Waals surface area contributed by atoms with Crippen LogP contribution in [0.3, 0.4) is 0 Å². The second-order valence-electron chi connectivity index (χ2n) is 7.95. The first kappa shape index (κ1) is 24.3. The van der Waals surface area contributed by atoms with E-state index in [1.165, 1.54) is 10.8 Å². The van der Waals surface area contributed by atoms with Gasteiger partial charge in [-0.2, -0.15) is 4.99 Å². The summed E-state index contributed by atoms with van der Waals surface area (Å²) >= 11 is 10.5. The Bertz CT molecular complexity index is 1550. The number of ether oxygens (including phenoxy) is 1. The van der Waals surface area contributed by atoms with E-state index in [9.17, 15) is 9.59 Å². The Morgan fingerprint density at radius 1 is 1.00 bits per heavy atom. The maximum Gasteiger partial charge on any atom is 0.279 e. The average Bonchev–Trinajstić information content (AvgIpc) is 3.21. The van der Waals surface area contributed by atoms with Crippen molar-refractivity contribution >= 4 is 73.1 Å². The molecule has 1 aliphatic heterocycles. The van der Waals surface area contributed by atoms with Crippen LogP contribution in [0.1, 0.15) is 21.5 Å². The molecule has 1 N–H and O–H groups in total. The number of nitrogens with zero attached hydrogens (tertiary/aromatic N) is 1. The van der Waals surface area contributed by atoms with E-state index < -0.39 is 5.91 Å². The zero-order valence-electron chi connectivity index (χ0n) is 18.7. The molecule has 1 saturated heterocycles. The van der Waals surface area contributed by atoms with Crippen molar-refractivity contribution in [3.63, 3.8) is 0 Å². The fourth-order valence-electron chi connectivity index (χ4n) is 3.59. The van der Waals surface area contributed by atoms with E-state index >= 15 is 0 Å². The summed E-state index contributed by atoms with van der Waals surface area (Å²) in [7, 11) is 0. The summed E-state index contributed by atoms with van der Waals surface area (Å²) < 4.78 is 6.78. The van der Waals surface area contributed by atoms with E-state index in [1.54, 1.807) is 30.3 Å². The van der Waals surface area contributed by atoms with Crippen LogP contribution in [-0.2, 0) is 11.4 Å². The molecule has 178 valence electrons. The SMILES string of the molecule is O=C1NC(=NC(=O)c2ccc(Cl)cc2)S/C1=C\c1ccc(OCc2ccc3ccccc3c2)c(Br)c1. The van der Waals surface area contributed by atoms with E-state index in [2.05, 4.69) is 56.6 Å². The van der Waals surface area contributed by atoms with Gasteiger partial charge in [0.25, 0.3) is 11.8 Å². The summed E-state index contributed by atoms with van der Waals surface area (Å²) in [5.41, 5.74) is 2.27. The molecule has 8 heteroatoms. The molecular weight excluding hydrogens is 560 g/mol. The predicted molar refractivity (Wildman–Crippen MR) is 149 cm³/mol. The quantitative estimate of drug-likeness (QED) is 0.254. The lowest BCUT2D eigenvalue weighted by Crippen LogP contribution is -2.20. The largest absolute Gasteiger partial charge is 0.488 e. The molecule has 1 aliphatic rings. The molecule has 0 atom stereocenters. The molecule has 0 aliphatic carbocycles. The number of carbonyl (C=O) groups excluding carboxylic acids is 2. The number of hydrogen-bond donors (Lipinski definition) is 1. The number of rotatable bonds is 5. The number of amidine groups is 1. The summed E-state index contributed by atoms with van der Waals surface area (Å²) in [5, 5.41) is 5.77. The summed E-state index contributed by atoms with van der Waals surface area (Å²) in [5.74, 6) is -0.0635. The average molecular weight is 578 g/mol. The van der Waals surface area contributed by atoms with Crippen molar-refractivity contribution in [1.82, 2.24) is 5.32 Å². The van der Waals surface area contributed by atoms with Gasteiger partial charge in [0, 0.05) is 10.6 Å². The van der Waals surface area contributed by atoms with Crippen molar-refractivity contribution in [2.75, 3.05) is 0 Å². The number of aliphatic imine (C=N–C) groups is 1. The number of thioether (sulfide) groups is 1. The molecule has 0 bridgehead atoms. The van der Waals surface area contributed by atoms with E-state index in [-0.39, 0.29) is 11.1 Å². The first-order valence-corrected chi connectivity index (χ1v) is 12.9. The maximum absolute atomic E-state index is 12.4. The van der Waals surface area contributed by atoms with Gasteiger partial charge in [0.15, 0.2) is 5.17 Å². The minimum Gasteiger partial charge on any atom is -0.488 e. The smallest absolute Gasteiger partial charge is 0.279 e. The van der Waals surface area contributed by atoms with E-state index in [1.807, 2.05) is 30.3 Å². The number of hydrogen-bond acceptors (Lipinski definition) is 4. The highest BCUT2D eigenvalue weighted by Gasteiger charge is 2.25. The Hall–Kier alpha value is -3.39. The van der Waals surface area contributed by atoms with Crippen LogP contribution in [-0.4, -0.2) is 17.0 Å². The Morgan fingerprint density at radius 3 is 2.56 bits per heavy atom. The maximum atomic E-state index is 12.4. The van der Waals surface area contributed by atoms with Gasteiger partial charge >= 0.3 is 0 Å². The summed E-state index contributed by atoms with van der Waals surface area (Å²) in [6.07, 6.45) is 1.74. The molecule has 0 saturated carbocycles. The van der Waals surface area contributed by atoms with Crippen LogP contribution in [0.2, 0.25) is 5.02 Å². The van der Waals surface area contributed by atoms with Gasteiger partial charge in [-0.05, 0) is 98.1 Å². The molecule has 1 heterocycles. The minimum atomic E-state index is -0.452. The van der Waals surface area contributed by atoms with Crippen LogP contribution in [0.4, 0.5) is 0 Å². The number of nitrogens with one attached hydrogen (secondary N) is 1. The lowest BCUT2D eigenvalue weighted by atomic mass is 10.1. The van der Waals surface area contributed by atoms with Gasteiger partial charge in [-0.1, -0.05) is 54.1 Å². The lowest BCUT2D eigenvalue weighted by Gasteiger charge is -2.10. The molecule has 0 spiro atoms. The first-order valence-electron chi connectivity index (χ1n) is 10.9. The van der Waals surface area contributed by atoms with E-state index in [0.29, 0.717) is 27.8 Å². The van der Waals surface area contributed by atoms with E-state index in [0.717, 1.165) is 27.4 Å². The molecule has 4 aromatic carbocycles. The van der Waals surface area contributed by atoms with Crippen molar-refractivity contribution in [2.45, 2.75) is 6.61 Å². The Morgan fingerprint density at radius 2 is 1.78 bits per heavy atom. The number of amides is 2. The first-order chi connectivity index (χ1) is 17.4. The standard InChI is InChI=1S/C28H18BrClN2O3S/c29-23-14-17(6-12-24(23)35-16-18-5-7-19-3-1-2-4-21(19)13-18)15-25-27(34)32-28(36-25)31-26(33)20-8-10-22(30)11-9-20/h1-15H,16H2,(H,31,32,33,34)/b25-15-. The predicted octanol–water partition coefficient (Wildman–Crippen LogP) is 7.24. The van der Waals surface area contributed by atoms with Gasteiger partial charge in [-0.3, -0.25) is 9.59 Å². The van der Waals surface area contributed by atoms with Gasteiger partial charge < -0.3 is 10.1 Å². The van der Waals surface area contributed by atoms with Gasteiger partial charge in [0.2, 0.25) is 0 Å². The van der Waals surface area contributed by atoms with Crippen LogP contribution >= 0.6 is 39.3 Å². The van der Waals surface area contributed by atoms with Gasteiger partial charge in [-0.15, -0.1) is 0 Å². The zero-order valence-corrected chi connectivity index (χ0v) is 21.9. The highest BCUT2D eigenvalue weighted by atomic mass is 79.9. The Balaban J connectivity index is 1.26. The highest BCUT2D eigenvalue weighted by Crippen LogP contribution is 2.31. The lowest BCUT2D eigenvalue weighted by molar-refractivity contribution is -0.115. The fraction of sp³-hybridized carbons (Fsp3) is 0.0357. The number of fused-ring (bicyclic) bond motifs is 1. The molecule has 0 radical (unpaired) electrons. The molecule has 2 amide bonds. The third kappa shape index (κ3) is 5.70. The molecule has 0 aromatic heterocycles. The summed E-state index contributed by atoms with van der Waals surface area (Å²) in [6, 6.07) is 26.5. The second kappa shape index (κ2) is 10.7. The molecule has 0 unspecified atom stereocenters. The van der Waals surface area contributed by atoms with Crippen molar-refractivity contribution < 1.29 is 14.3 Å². The van der Waals surface area contributed by atoms with Gasteiger partial charge in [0.1, 0.15) is 12.4 Å². The molecule has 4 aromatic rings. The molecule has 5 rings (SSSR count). The normalized spacial score (nSPS) is 15.4. The number of benzene rings is 4. The van der Waals surface area contributed by atoms with Gasteiger partial charge in [0.05, 0.1) is 9.38 Å². The monoisotopic (exact) mass is 576 g/mol. The zero-order chi connectivity index (χ0) is 25.1. The second-order valence-corrected chi connectivity index (χ2v) is 10.3. The molecule has 1 fully saturated rings. The van der Waals surface area contributed by atoms with Crippen LogP contribution in [0.15, 0.2) is 99.3 Å². The summed E-state index contributed by atoms with van der Waals surface area (Å²) in [6.45, 7) is 0.434. The number of carbonyl (C=O) groups is 2.